The van der Waals surface area contributed by atoms with Crippen molar-refractivity contribution in [3.63, 3.8) is 0 Å². The quantitative estimate of drug-likeness (QED) is 0.390. The summed E-state index contributed by atoms with van der Waals surface area (Å²) in [5, 5.41) is 3.19. The fourth-order valence-electron chi connectivity index (χ4n) is 2.73. The first-order chi connectivity index (χ1) is 9.79. The zero-order valence-corrected chi connectivity index (χ0v) is 11.7. The van der Waals surface area contributed by atoms with Crippen molar-refractivity contribution in [1.82, 2.24) is 0 Å². The molecule has 0 aliphatic rings. The molecule has 3 aromatic rings. The molecule has 0 spiro atoms. The molecule has 0 saturated carbocycles. The topological polar surface area (TPSA) is 30.2 Å². The minimum atomic E-state index is -0.250. The molecule has 1 aromatic heterocycles. The van der Waals surface area contributed by atoms with E-state index in [1.165, 1.54) is 12.8 Å². The second kappa shape index (κ2) is 5.49. The van der Waals surface area contributed by atoms with Gasteiger partial charge >= 0.3 is 5.63 Å². The number of unbranched alkanes of at least 4 members (excludes halogenated alkanes) is 2. The summed E-state index contributed by atoms with van der Waals surface area (Å²) in [6, 6.07) is 13.8. The van der Waals surface area contributed by atoms with E-state index in [1.807, 2.05) is 24.3 Å². The van der Waals surface area contributed by atoms with Crippen molar-refractivity contribution in [2.45, 2.75) is 32.6 Å². The summed E-state index contributed by atoms with van der Waals surface area (Å²) in [5.74, 6) is 0. The lowest BCUT2D eigenvalue weighted by atomic mass is 10.0. The van der Waals surface area contributed by atoms with E-state index in [1.54, 1.807) is 6.07 Å². The van der Waals surface area contributed by atoms with Crippen LogP contribution in [-0.2, 0) is 6.42 Å². The van der Waals surface area contributed by atoms with Crippen LogP contribution in [0.1, 0.15) is 31.7 Å². The molecule has 20 heavy (non-hydrogen) atoms. The van der Waals surface area contributed by atoms with Gasteiger partial charge in [-0.2, -0.15) is 0 Å². The van der Waals surface area contributed by atoms with Crippen LogP contribution in [0.3, 0.4) is 0 Å². The third-order valence-electron chi connectivity index (χ3n) is 3.77. The zero-order valence-electron chi connectivity index (χ0n) is 11.7. The first-order valence-electron chi connectivity index (χ1n) is 7.24. The second-order valence-electron chi connectivity index (χ2n) is 5.21. The van der Waals surface area contributed by atoms with Gasteiger partial charge < -0.3 is 4.42 Å². The summed E-state index contributed by atoms with van der Waals surface area (Å²) < 4.78 is 5.47. The highest BCUT2D eigenvalue weighted by molar-refractivity contribution is 6.04. The largest absolute Gasteiger partial charge is 0.422 e. The smallest absolute Gasteiger partial charge is 0.336 e. The van der Waals surface area contributed by atoms with Crippen LogP contribution in [0.5, 0.6) is 0 Å². The van der Waals surface area contributed by atoms with E-state index in [2.05, 4.69) is 19.1 Å². The number of benzene rings is 2. The standard InChI is InChI=1S/C18H18O2/c1-2-3-4-8-14-12-17(19)20-18-15-9-6-5-7-13(15)10-11-16(14)18/h5-7,9-12H,2-4,8H2,1H3. The summed E-state index contributed by atoms with van der Waals surface area (Å²) in [6.45, 7) is 2.19. The van der Waals surface area contributed by atoms with Crippen molar-refractivity contribution in [3.05, 3.63) is 58.4 Å². The lowest BCUT2D eigenvalue weighted by Gasteiger charge is -2.07. The van der Waals surface area contributed by atoms with Gasteiger partial charge in [0.05, 0.1) is 0 Å². The number of aryl methyl sites for hydroxylation is 1. The summed E-state index contributed by atoms with van der Waals surface area (Å²) in [7, 11) is 0. The molecule has 0 unspecified atom stereocenters. The molecule has 0 fully saturated rings. The SMILES string of the molecule is CCCCCc1cc(=O)oc2c1ccc1ccccc12. The van der Waals surface area contributed by atoms with Crippen LogP contribution in [0, 0.1) is 0 Å². The molecule has 0 aliphatic carbocycles. The summed E-state index contributed by atoms with van der Waals surface area (Å²) in [5.41, 5.74) is 1.58. The Morgan fingerprint density at radius 3 is 2.70 bits per heavy atom. The predicted molar refractivity (Wildman–Crippen MR) is 83.2 cm³/mol. The third-order valence-corrected chi connectivity index (χ3v) is 3.77. The fourth-order valence-corrected chi connectivity index (χ4v) is 2.73. The molecule has 0 saturated heterocycles. The van der Waals surface area contributed by atoms with Gasteiger partial charge in [-0.05, 0) is 23.8 Å². The molecular formula is C18H18O2. The predicted octanol–water partition coefficient (Wildman–Crippen LogP) is 4.68. The van der Waals surface area contributed by atoms with E-state index in [-0.39, 0.29) is 5.63 Å². The van der Waals surface area contributed by atoms with Crippen molar-refractivity contribution in [2.24, 2.45) is 0 Å². The highest BCUT2D eigenvalue weighted by atomic mass is 16.4. The van der Waals surface area contributed by atoms with Gasteiger partial charge in [0.1, 0.15) is 5.58 Å². The molecule has 0 radical (unpaired) electrons. The maximum absolute atomic E-state index is 11.8. The molecular weight excluding hydrogens is 248 g/mol. The second-order valence-corrected chi connectivity index (χ2v) is 5.21. The molecule has 0 N–H and O–H groups in total. The molecule has 0 bridgehead atoms. The normalized spacial score (nSPS) is 11.2. The number of rotatable bonds is 4. The van der Waals surface area contributed by atoms with E-state index in [9.17, 15) is 4.79 Å². The number of hydrogen-bond donors (Lipinski definition) is 0. The molecule has 2 nitrogen and oxygen atoms in total. The van der Waals surface area contributed by atoms with Gasteiger partial charge in [0.2, 0.25) is 0 Å². The van der Waals surface area contributed by atoms with Crippen molar-refractivity contribution >= 4 is 21.7 Å². The minimum Gasteiger partial charge on any atom is -0.422 e. The Balaban J connectivity index is 2.21. The Kier molecular flexibility index (Phi) is 3.55. The van der Waals surface area contributed by atoms with Crippen LogP contribution < -0.4 is 5.63 Å². The van der Waals surface area contributed by atoms with Crippen LogP contribution >= 0.6 is 0 Å². The van der Waals surface area contributed by atoms with E-state index in [0.717, 1.165) is 40.1 Å². The van der Waals surface area contributed by atoms with Gasteiger partial charge in [-0.3, -0.25) is 0 Å². The Morgan fingerprint density at radius 2 is 1.85 bits per heavy atom. The Morgan fingerprint density at radius 1 is 1.00 bits per heavy atom. The number of hydrogen-bond acceptors (Lipinski definition) is 2. The first kappa shape index (κ1) is 12.9. The van der Waals surface area contributed by atoms with Gasteiger partial charge in [0.25, 0.3) is 0 Å². The Labute approximate surface area is 118 Å². The molecule has 102 valence electrons. The van der Waals surface area contributed by atoms with Crippen molar-refractivity contribution in [3.8, 4) is 0 Å². The summed E-state index contributed by atoms with van der Waals surface area (Å²) in [6.07, 6.45) is 4.42. The van der Waals surface area contributed by atoms with E-state index >= 15 is 0 Å². The van der Waals surface area contributed by atoms with Crippen LogP contribution in [0.25, 0.3) is 21.7 Å². The highest BCUT2D eigenvalue weighted by Crippen LogP contribution is 2.27. The van der Waals surface area contributed by atoms with E-state index in [4.69, 9.17) is 4.42 Å². The third kappa shape index (κ3) is 2.34. The average Bonchev–Trinajstić information content (AvgIpc) is 2.47. The average molecular weight is 266 g/mol. The summed E-state index contributed by atoms with van der Waals surface area (Å²) in [4.78, 5) is 11.8. The maximum atomic E-state index is 11.8. The Bertz CT molecular complexity index is 799. The van der Waals surface area contributed by atoms with Gasteiger partial charge in [0.15, 0.2) is 0 Å². The molecule has 2 heteroatoms. The van der Waals surface area contributed by atoms with Crippen molar-refractivity contribution in [2.75, 3.05) is 0 Å². The maximum Gasteiger partial charge on any atom is 0.336 e. The lowest BCUT2D eigenvalue weighted by molar-refractivity contribution is 0.561. The lowest BCUT2D eigenvalue weighted by Crippen LogP contribution is -2.01. The van der Waals surface area contributed by atoms with Crippen molar-refractivity contribution < 1.29 is 4.42 Å². The summed E-state index contributed by atoms with van der Waals surface area (Å²) >= 11 is 0. The van der Waals surface area contributed by atoms with Gasteiger partial charge in [-0.15, -0.1) is 0 Å². The van der Waals surface area contributed by atoms with Crippen LogP contribution in [-0.4, -0.2) is 0 Å². The van der Waals surface area contributed by atoms with Gasteiger partial charge in [0, 0.05) is 16.8 Å². The molecule has 1 heterocycles. The molecule has 3 rings (SSSR count). The highest BCUT2D eigenvalue weighted by Gasteiger charge is 2.08. The first-order valence-corrected chi connectivity index (χ1v) is 7.24. The van der Waals surface area contributed by atoms with Crippen LogP contribution in [0.2, 0.25) is 0 Å². The van der Waals surface area contributed by atoms with Crippen molar-refractivity contribution in [1.29, 1.82) is 0 Å². The van der Waals surface area contributed by atoms with Gasteiger partial charge in [-0.1, -0.05) is 56.2 Å². The molecule has 2 aromatic carbocycles. The zero-order chi connectivity index (χ0) is 13.9. The Hall–Kier alpha value is -2.09. The monoisotopic (exact) mass is 266 g/mol. The van der Waals surface area contributed by atoms with Crippen LogP contribution in [0.4, 0.5) is 0 Å². The molecule has 0 atom stereocenters. The fraction of sp³-hybridized carbons (Fsp3) is 0.278. The van der Waals surface area contributed by atoms with E-state index in [0.29, 0.717) is 0 Å². The minimum absolute atomic E-state index is 0.250. The molecule has 0 amide bonds. The van der Waals surface area contributed by atoms with Crippen LogP contribution in [0.15, 0.2) is 51.7 Å². The number of fused-ring (bicyclic) bond motifs is 3. The van der Waals surface area contributed by atoms with E-state index < -0.39 is 0 Å². The molecule has 0 aliphatic heterocycles. The van der Waals surface area contributed by atoms with Gasteiger partial charge in [-0.25, -0.2) is 4.79 Å².